The molecule has 0 aliphatic rings. The SMILES string of the molecule is Cc1ccc(C(N)C(=O)N(C)CCC#N)cc1. The lowest BCUT2D eigenvalue weighted by Crippen LogP contribution is -2.36. The summed E-state index contributed by atoms with van der Waals surface area (Å²) in [5, 5.41) is 8.46. The topological polar surface area (TPSA) is 70.1 Å². The largest absolute Gasteiger partial charge is 0.343 e. The maximum absolute atomic E-state index is 11.9. The Morgan fingerprint density at radius 3 is 2.59 bits per heavy atom. The highest BCUT2D eigenvalue weighted by molar-refractivity contribution is 5.82. The van der Waals surface area contributed by atoms with E-state index in [0.717, 1.165) is 11.1 Å². The third-order valence-electron chi connectivity index (χ3n) is 2.64. The monoisotopic (exact) mass is 231 g/mol. The molecule has 2 N–H and O–H groups in total. The van der Waals surface area contributed by atoms with Crippen molar-refractivity contribution in [3.63, 3.8) is 0 Å². The van der Waals surface area contributed by atoms with Crippen molar-refractivity contribution in [3.05, 3.63) is 35.4 Å². The minimum Gasteiger partial charge on any atom is -0.343 e. The lowest BCUT2D eigenvalue weighted by atomic mass is 10.0. The van der Waals surface area contributed by atoms with Crippen molar-refractivity contribution in [1.29, 1.82) is 5.26 Å². The molecule has 1 aromatic rings. The van der Waals surface area contributed by atoms with E-state index < -0.39 is 6.04 Å². The van der Waals surface area contributed by atoms with E-state index in [0.29, 0.717) is 13.0 Å². The van der Waals surface area contributed by atoms with Gasteiger partial charge in [0.05, 0.1) is 12.5 Å². The maximum atomic E-state index is 11.9. The second-order valence-corrected chi connectivity index (χ2v) is 4.06. The predicted octanol–water partition coefficient (Wildman–Crippen LogP) is 1.37. The first-order valence-electron chi connectivity index (χ1n) is 5.50. The molecule has 0 spiro atoms. The number of hydrogen-bond donors (Lipinski definition) is 1. The Balaban J connectivity index is 2.69. The fourth-order valence-corrected chi connectivity index (χ4v) is 1.48. The van der Waals surface area contributed by atoms with Gasteiger partial charge in [0, 0.05) is 13.6 Å². The van der Waals surface area contributed by atoms with Gasteiger partial charge in [-0.1, -0.05) is 29.8 Å². The number of benzene rings is 1. The van der Waals surface area contributed by atoms with Crippen LogP contribution in [0.4, 0.5) is 0 Å². The molecule has 90 valence electrons. The van der Waals surface area contributed by atoms with E-state index in [2.05, 4.69) is 0 Å². The fourth-order valence-electron chi connectivity index (χ4n) is 1.48. The Morgan fingerprint density at radius 2 is 2.06 bits per heavy atom. The average molecular weight is 231 g/mol. The summed E-state index contributed by atoms with van der Waals surface area (Å²) >= 11 is 0. The highest BCUT2D eigenvalue weighted by Crippen LogP contribution is 2.13. The van der Waals surface area contributed by atoms with Gasteiger partial charge in [-0.05, 0) is 12.5 Å². The number of rotatable bonds is 4. The Hall–Kier alpha value is -1.86. The number of likely N-dealkylation sites (N-methyl/N-ethyl adjacent to an activating group) is 1. The summed E-state index contributed by atoms with van der Waals surface area (Å²) < 4.78 is 0. The molecule has 1 rings (SSSR count). The van der Waals surface area contributed by atoms with Crippen LogP contribution in [0.2, 0.25) is 0 Å². The maximum Gasteiger partial charge on any atom is 0.243 e. The van der Waals surface area contributed by atoms with Gasteiger partial charge in [-0.25, -0.2) is 0 Å². The smallest absolute Gasteiger partial charge is 0.243 e. The molecule has 0 saturated carbocycles. The molecule has 1 aromatic carbocycles. The van der Waals surface area contributed by atoms with Gasteiger partial charge in [0.15, 0.2) is 0 Å². The third-order valence-corrected chi connectivity index (χ3v) is 2.64. The van der Waals surface area contributed by atoms with Crippen molar-refractivity contribution in [1.82, 2.24) is 4.90 Å². The molecule has 0 bridgehead atoms. The van der Waals surface area contributed by atoms with Crippen molar-refractivity contribution in [2.45, 2.75) is 19.4 Å². The van der Waals surface area contributed by atoms with E-state index in [1.807, 2.05) is 37.3 Å². The second-order valence-electron chi connectivity index (χ2n) is 4.06. The van der Waals surface area contributed by atoms with E-state index in [4.69, 9.17) is 11.0 Å². The number of nitrogens with zero attached hydrogens (tertiary/aromatic N) is 2. The number of carbonyl (C=O) groups is 1. The molecule has 0 aliphatic carbocycles. The first-order chi connectivity index (χ1) is 8.06. The predicted molar refractivity (Wildman–Crippen MR) is 66.0 cm³/mol. The van der Waals surface area contributed by atoms with E-state index in [1.54, 1.807) is 7.05 Å². The summed E-state index contributed by atoms with van der Waals surface area (Å²) in [4.78, 5) is 13.4. The minimum atomic E-state index is -0.653. The van der Waals surface area contributed by atoms with E-state index in [1.165, 1.54) is 4.90 Å². The lowest BCUT2D eigenvalue weighted by molar-refractivity contribution is -0.131. The van der Waals surface area contributed by atoms with E-state index >= 15 is 0 Å². The summed E-state index contributed by atoms with van der Waals surface area (Å²) in [7, 11) is 1.66. The number of aryl methyl sites for hydroxylation is 1. The van der Waals surface area contributed by atoms with Crippen LogP contribution in [-0.2, 0) is 4.79 Å². The zero-order valence-electron chi connectivity index (χ0n) is 10.2. The fraction of sp³-hybridized carbons (Fsp3) is 0.385. The summed E-state index contributed by atoms with van der Waals surface area (Å²) in [6, 6.07) is 8.92. The first-order valence-corrected chi connectivity index (χ1v) is 5.50. The molecule has 0 aliphatic heterocycles. The Morgan fingerprint density at radius 1 is 1.47 bits per heavy atom. The molecule has 1 atom stereocenters. The van der Waals surface area contributed by atoms with Crippen molar-refractivity contribution < 1.29 is 4.79 Å². The van der Waals surface area contributed by atoms with E-state index in [9.17, 15) is 4.79 Å². The van der Waals surface area contributed by atoms with Crippen LogP contribution in [0.1, 0.15) is 23.6 Å². The molecule has 0 fully saturated rings. The third kappa shape index (κ3) is 3.58. The number of nitriles is 1. The number of carbonyl (C=O) groups excluding carboxylic acids is 1. The van der Waals surface area contributed by atoms with Crippen molar-refractivity contribution in [2.24, 2.45) is 5.73 Å². The Bertz CT molecular complexity index is 419. The summed E-state index contributed by atoms with van der Waals surface area (Å²) in [6.45, 7) is 2.39. The van der Waals surface area contributed by atoms with Crippen LogP contribution >= 0.6 is 0 Å². The summed E-state index contributed by atoms with van der Waals surface area (Å²) in [5.41, 5.74) is 7.81. The summed E-state index contributed by atoms with van der Waals surface area (Å²) in [5.74, 6) is -0.163. The Labute approximate surface area is 102 Å². The molecule has 1 unspecified atom stereocenters. The normalized spacial score (nSPS) is 11.6. The van der Waals surface area contributed by atoms with Gasteiger partial charge in [0.2, 0.25) is 5.91 Å². The van der Waals surface area contributed by atoms with Crippen molar-refractivity contribution in [2.75, 3.05) is 13.6 Å². The van der Waals surface area contributed by atoms with Crippen LogP contribution in [0.15, 0.2) is 24.3 Å². The van der Waals surface area contributed by atoms with Crippen molar-refractivity contribution in [3.8, 4) is 6.07 Å². The highest BCUT2D eigenvalue weighted by atomic mass is 16.2. The van der Waals surface area contributed by atoms with Gasteiger partial charge in [-0.3, -0.25) is 4.79 Å². The highest BCUT2D eigenvalue weighted by Gasteiger charge is 2.19. The minimum absolute atomic E-state index is 0.163. The molecule has 0 aromatic heterocycles. The molecule has 4 nitrogen and oxygen atoms in total. The van der Waals surface area contributed by atoms with Crippen LogP contribution in [-0.4, -0.2) is 24.4 Å². The van der Waals surface area contributed by atoms with Gasteiger partial charge in [-0.15, -0.1) is 0 Å². The number of nitrogens with two attached hydrogens (primary N) is 1. The van der Waals surface area contributed by atoms with E-state index in [-0.39, 0.29) is 5.91 Å². The molecule has 0 radical (unpaired) electrons. The molecular weight excluding hydrogens is 214 g/mol. The summed E-state index contributed by atoms with van der Waals surface area (Å²) in [6.07, 6.45) is 0.322. The molecule has 1 amide bonds. The van der Waals surface area contributed by atoms with Crippen LogP contribution < -0.4 is 5.73 Å². The van der Waals surface area contributed by atoms with Gasteiger partial charge in [0.25, 0.3) is 0 Å². The second kappa shape index (κ2) is 6.02. The molecule has 17 heavy (non-hydrogen) atoms. The molecule has 0 saturated heterocycles. The number of amides is 1. The Kier molecular flexibility index (Phi) is 4.68. The van der Waals surface area contributed by atoms with Crippen LogP contribution in [0.5, 0.6) is 0 Å². The van der Waals surface area contributed by atoms with Crippen LogP contribution in [0.3, 0.4) is 0 Å². The first kappa shape index (κ1) is 13.2. The van der Waals surface area contributed by atoms with Gasteiger partial charge in [-0.2, -0.15) is 5.26 Å². The quantitative estimate of drug-likeness (QED) is 0.850. The standard InChI is InChI=1S/C13H17N3O/c1-10-4-6-11(7-5-10)12(15)13(17)16(2)9-3-8-14/h4-7,12H,3,9,15H2,1-2H3. The molecular formula is C13H17N3O. The zero-order chi connectivity index (χ0) is 12.8. The molecule has 4 heteroatoms. The number of hydrogen-bond acceptors (Lipinski definition) is 3. The average Bonchev–Trinajstić information content (AvgIpc) is 2.35. The van der Waals surface area contributed by atoms with Crippen LogP contribution in [0.25, 0.3) is 0 Å². The van der Waals surface area contributed by atoms with Gasteiger partial charge in [0.1, 0.15) is 6.04 Å². The van der Waals surface area contributed by atoms with Gasteiger partial charge >= 0.3 is 0 Å². The van der Waals surface area contributed by atoms with Crippen molar-refractivity contribution >= 4 is 5.91 Å². The zero-order valence-corrected chi connectivity index (χ0v) is 10.2. The molecule has 0 heterocycles. The van der Waals surface area contributed by atoms with Gasteiger partial charge < -0.3 is 10.6 Å². The van der Waals surface area contributed by atoms with Crippen LogP contribution in [0, 0.1) is 18.3 Å². The lowest BCUT2D eigenvalue weighted by Gasteiger charge is -2.20.